The number of unbranched alkanes of at least 4 members (excludes halogenated alkanes) is 2. The average molecular weight is 394 g/mol. The minimum absolute atomic E-state index is 0.0601. The highest BCUT2D eigenvalue weighted by Crippen LogP contribution is 2.33. The molecule has 0 saturated heterocycles. The molecule has 0 radical (unpaired) electrons. The number of esters is 1. The van der Waals surface area contributed by atoms with Crippen LogP contribution in [0.4, 0.5) is 0 Å². The van der Waals surface area contributed by atoms with Gasteiger partial charge in [-0.3, -0.25) is 9.78 Å². The highest BCUT2D eigenvalue weighted by molar-refractivity contribution is 5.75. The first-order valence-electron chi connectivity index (χ1n) is 11.5. The maximum absolute atomic E-state index is 12.6. The fourth-order valence-corrected chi connectivity index (χ4v) is 4.29. The van der Waals surface area contributed by atoms with E-state index < -0.39 is 0 Å². The third-order valence-electron chi connectivity index (χ3n) is 6.13. The largest absolute Gasteiger partial charge is 0.426 e. The first-order valence-corrected chi connectivity index (χ1v) is 11.5. The van der Waals surface area contributed by atoms with Crippen molar-refractivity contribution in [1.82, 2.24) is 4.98 Å². The minimum Gasteiger partial charge on any atom is -0.426 e. The maximum atomic E-state index is 12.6. The van der Waals surface area contributed by atoms with Crippen LogP contribution in [-0.4, -0.2) is 11.0 Å². The van der Waals surface area contributed by atoms with Crippen LogP contribution < -0.4 is 4.74 Å². The zero-order valence-corrected chi connectivity index (χ0v) is 18.0. The Morgan fingerprint density at radius 3 is 2.34 bits per heavy atom. The van der Waals surface area contributed by atoms with Crippen LogP contribution >= 0.6 is 0 Å². The van der Waals surface area contributed by atoms with Crippen molar-refractivity contribution in [3.05, 3.63) is 48.2 Å². The van der Waals surface area contributed by atoms with Gasteiger partial charge in [-0.1, -0.05) is 52.0 Å². The van der Waals surface area contributed by atoms with Crippen molar-refractivity contribution in [1.29, 1.82) is 0 Å². The molecule has 1 aliphatic rings. The molecule has 0 aliphatic heterocycles. The van der Waals surface area contributed by atoms with Gasteiger partial charge in [0.2, 0.25) is 0 Å². The minimum atomic E-state index is -0.0631. The fourth-order valence-electron chi connectivity index (χ4n) is 4.29. The standard InChI is InChI=1S/C26H35NO2/c1-3-5-6-8-20-9-12-23(13-10-20)26(28)29-24-16-14-22(15-17-24)25-18-11-21(7-4-2)19-27-25/h11,14-20,23H,3-10,12-13H2,1-2H3/t20-,23-. The third-order valence-corrected chi connectivity index (χ3v) is 6.13. The normalized spacial score (nSPS) is 19.1. The molecule has 0 unspecified atom stereocenters. The van der Waals surface area contributed by atoms with Gasteiger partial charge in [0.15, 0.2) is 0 Å². The Balaban J connectivity index is 1.49. The van der Waals surface area contributed by atoms with E-state index in [2.05, 4.69) is 31.0 Å². The molecule has 3 heteroatoms. The summed E-state index contributed by atoms with van der Waals surface area (Å²) in [5, 5.41) is 0. The number of aromatic nitrogens is 1. The van der Waals surface area contributed by atoms with E-state index >= 15 is 0 Å². The van der Waals surface area contributed by atoms with Crippen molar-refractivity contribution in [3.8, 4) is 17.0 Å². The molecule has 0 amide bonds. The summed E-state index contributed by atoms with van der Waals surface area (Å²) in [6.07, 6.45) is 13.7. The Bertz CT molecular complexity index is 743. The predicted molar refractivity (Wildman–Crippen MR) is 119 cm³/mol. The van der Waals surface area contributed by atoms with Crippen molar-refractivity contribution in [2.75, 3.05) is 0 Å². The lowest BCUT2D eigenvalue weighted by molar-refractivity contribution is -0.140. The van der Waals surface area contributed by atoms with E-state index in [1.165, 1.54) is 44.1 Å². The summed E-state index contributed by atoms with van der Waals surface area (Å²) in [5.74, 6) is 1.43. The molecule has 3 rings (SSSR count). The number of nitrogens with zero attached hydrogens (tertiary/aromatic N) is 1. The fraction of sp³-hybridized carbons (Fsp3) is 0.538. The molecule has 1 saturated carbocycles. The van der Waals surface area contributed by atoms with Crippen molar-refractivity contribution in [2.24, 2.45) is 11.8 Å². The number of pyridine rings is 1. The molecule has 29 heavy (non-hydrogen) atoms. The van der Waals surface area contributed by atoms with Crippen LogP contribution in [-0.2, 0) is 11.2 Å². The Hall–Kier alpha value is -2.16. The molecule has 1 heterocycles. The molecule has 1 fully saturated rings. The van der Waals surface area contributed by atoms with Crippen LogP contribution in [0.1, 0.15) is 77.2 Å². The topological polar surface area (TPSA) is 39.2 Å². The van der Waals surface area contributed by atoms with E-state index in [4.69, 9.17) is 4.74 Å². The number of hydrogen-bond donors (Lipinski definition) is 0. The number of aryl methyl sites for hydroxylation is 1. The van der Waals surface area contributed by atoms with Crippen LogP contribution in [0.3, 0.4) is 0 Å². The number of carbonyl (C=O) groups excluding carboxylic acids is 1. The summed E-state index contributed by atoms with van der Waals surface area (Å²) in [6.45, 7) is 4.42. The molecule has 1 aliphatic carbocycles. The van der Waals surface area contributed by atoms with Crippen molar-refractivity contribution < 1.29 is 9.53 Å². The lowest BCUT2D eigenvalue weighted by Crippen LogP contribution is -2.25. The lowest BCUT2D eigenvalue weighted by Gasteiger charge is -2.27. The van der Waals surface area contributed by atoms with E-state index in [1.807, 2.05) is 30.5 Å². The van der Waals surface area contributed by atoms with Gasteiger partial charge < -0.3 is 4.74 Å². The Morgan fingerprint density at radius 2 is 1.72 bits per heavy atom. The van der Waals surface area contributed by atoms with Crippen molar-refractivity contribution in [2.45, 2.75) is 78.1 Å². The summed E-state index contributed by atoms with van der Waals surface area (Å²) < 4.78 is 5.67. The zero-order chi connectivity index (χ0) is 20.5. The van der Waals surface area contributed by atoms with Gasteiger partial charge in [-0.25, -0.2) is 0 Å². The van der Waals surface area contributed by atoms with Crippen molar-refractivity contribution in [3.63, 3.8) is 0 Å². The second-order valence-electron chi connectivity index (χ2n) is 8.46. The molecule has 2 aromatic rings. The SMILES string of the molecule is CCCCC[C@H]1CC[C@H](C(=O)Oc2ccc(-c3ccc(CCC)cn3)cc2)CC1. The van der Waals surface area contributed by atoms with Gasteiger partial charge in [-0.2, -0.15) is 0 Å². The summed E-state index contributed by atoms with van der Waals surface area (Å²) in [5.41, 5.74) is 3.26. The molecule has 156 valence electrons. The van der Waals surface area contributed by atoms with Gasteiger partial charge in [0.25, 0.3) is 0 Å². The van der Waals surface area contributed by atoms with Gasteiger partial charge in [0, 0.05) is 11.8 Å². The first kappa shape index (κ1) is 21.5. The van der Waals surface area contributed by atoms with Crippen LogP contribution in [0.15, 0.2) is 42.6 Å². The summed E-state index contributed by atoms with van der Waals surface area (Å²) >= 11 is 0. The second-order valence-corrected chi connectivity index (χ2v) is 8.46. The second kappa shape index (κ2) is 11.1. The van der Waals surface area contributed by atoms with Crippen LogP contribution in [0.2, 0.25) is 0 Å². The van der Waals surface area contributed by atoms with E-state index in [0.29, 0.717) is 5.75 Å². The summed E-state index contributed by atoms with van der Waals surface area (Å²) in [4.78, 5) is 17.1. The molecule has 0 atom stereocenters. The predicted octanol–water partition coefficient (Wildman–Crippen LogP) is 6.99. The van der Waals surface area contributed by atoms with Gasteiger partial charge >= 0.3 is 5.97 Å². The number of hydrogen-bond acceptors (Lipinski definition) is 3. The van der Waals surface area contributed by atoms with Gasteiger partial charge in [0.05, 0.1) is 11.6 Å². The van der Waals surface area contributed by atoms with E-state index in [0.717, 1.165) is 42.9 Å². The third kappa shape index (κ3) is 6.42. The number of benzene rings is 1. The smallest absolute Gasteiger partial charge is 0.314 e. The van der Waals surface area contributed by atoms with Crippen LogP contribution in [0, 0.1) is 11.8 Å². The molecule has 3 nitrogen and oxygen atoms in total. The zero-order valence-electron chi connectivity index (χ0n) is 18.0. The van der Waals surface area contributed by atoms with E-state index in [9.17, 15) is 4.79 Å². The molecular weight excluding hydrogens is 358 g/mol. The Labute approximate surface area is 175 Å². The van der Waals surface area contributed by atoms with Crippen LogP contribution in [0.5, 0.6) is 5.75 Å². The van der Waals surface area contributed by atoms with Gasteiger partial charge in [-0.15, -0.1) is 0 Å². The lowest BCUT2D eigenvalue weighted by atomic mass is 9.80. The van der Waals surface area contributed by atoms with Crippen molar-refractivity contribution >= 4 is 5.97 Å². The van der Waals surface area contributed by atoms with Gasteiger partial charge in [0.1, 0.15) is 5.75 Å². The quantitative estimate of drug-likeness (QED) is 0.262. The van der Waals surface area contributed by atoms with Crippen LogP contribution in [0.25, 0.3) is 11.3 Å². The highest BCUT2D eigenvalue weighted by Gasteiger charge is 2.27. The monoisotopic (exact) mass is 393 g/mol. The molecule has 0 N–H and O–H groups in total. The average Bonchev–Trinajstić information content (AvgIpc) is 2.76. The van der Waals surface area contributed by atoms with E-state index in [-0.39, 0.29) is 11.9 Å². The van der Waals surface area contributed by atoms with Gasteiger partial charge in [-0.05, 0) is 73.9 Å². The summed E-state index contributed by atoms with van der Waals surface area (Å²) in [7, 11) is 0. The molecule has 0 spiro atoms. The van der Waals surface area contributed by atoms with E-state index in [1.54, 1.807) is 0 Å². The maximum Gasteiger partial charge on any atom is 0.314 e. The number of ether oxygens (including phenoxy) is 1. The molecule has 0 bridgehead atoms. The molecule has 1 aromatic heterocycles. The highest BCUT2D eigenvalue weighted by atomic mass is 16.5. The Kier molecular flexibility index (Phi) is 8.27. The Morgan fingerprint density at radius 1 is 0.966 bits per heavy atom. The molecular formula is C26H35NO2. The molecule has 1 aromatic carbocycles. The number of rotatable bonds is 9. The summed E-state index contributed by atoms with van der Waals surface area (Å²) in [6, 6.07) is 11.9. The number of carbonyl (C=O) groups is 1. The first-order chi connectivity index (χ1) is 14.2.